The van der Waals surface area contributed by atoms with Crippen LogP contribution in [-0.4, -0.2) is 26.8 Å². The van der Waals surface area contributed by atoms with Crippen LogP contribution in [0.2, 0.25) is 0 Å². The molecule has 36 heavy (non-hydrogen) atoms. The number of anilines is 1. The molecule has 1 N–H and O–H groups in total. The first kappa shape index (κ1) is 24.0. The number of allylic oxidation sites excluding steroid dienone is 1. The van der Waals surface area contributed by atoms with Crippen LogP contribution in [0.15, 0.2) is 94.2 Å². The zero-order valence-electron chi connectivity index (χ0n) is 19.9. The lowest BCUT2D eigenvalue weighted by molar-refractivity contribution is 0.0950. The standard InChI is InChI=1S/C29H28N2O4S/c32-28(30-18-17-21-9-3-1-4-10-21)23-15-16-27-25(19-23)31(20-22-11-5-2-6-12-22)29(33)24-13-7-8-14-26(24)36(27,34)35/h2,5-9,11-16,19H,1,3-4,10,17-18,20H2,(H,30,32). The summed E-state index contributed by atoms with van der Waals surface area (Å²) in [6, 6.07) is 20.1. The first-order valence-electron chi connectivity index (χ1n) is 12.3. The second kappa shape index (κ2) is 10.1. The summed E-state index contributed by atoms with van der Waals surface area (Å²) in [6.07, 6.45) is 7.63. The summed E-state index contributed by atoms with van der Waals surface area (Å²) >= 11 is 0. The van der Waals surface area contributed by atoms with Crippen LogP contribution in [0.3, 0.4) is 0 Å². The zero-order chi connectivity index (χ0) is 25.1. The number of sulfone groups is 1. The molecule has 0 bridgehead atoms. The molecule has 3 aromatic rings. The molecule has 6 nitrogen and oxygen atoms in total. The van der Waals surface area contributed by atoms with E-state index in [-0.39, 0.29) is 33.5 Å². The van der Waals surface area contributed by atoms with E-state index in [2.05, 4.69) is 11.4 Å². The molecule has 0 atom stereocenters. The molecule has 1 heterocycles. The maximum Gasteiger partial charge on any atom is 0.259 e. The van der Waals surface area contributed by atoms with E-state index in [1.54, 1.807) is 12.1 Å². The molecule has 0 saturated heterocycles. The van der Waals surface area contributed by atoms with Gasteiger partial charge in [0.05, 0.1) is 27.6 Å². The Morgan fingerprint density at radius 3 is 2.47 bits per heavy atom. The summed E-state index contributed by atoms with van der Waals surface area (Å²) in [5.74, 6) is -0.709. The average Bonchev–Trinajstić information content (AvgIpc) is 2.98. The summed E-state index contributed by atoms with van der Waals surface area (Å²) in [5, 5.41) is 2.95. The zero-order valence-corrected chi connectivity index (χ0v) is 20.8. The number of rotatable bonds is 6. The van der Waals surface area contributed by atoms with Crippen molar-refractivity contribution in [2.45, 2.75) is 48.4 Å². The summed E-state index contributed by atoms with van der Waals surface area (Å²) in [4.78, 5) is 28.1. The fourth-order valence-corrected chi connectivity index (χ4v) is 6.47. The highest BCUT2D eigenvalue weighted by Gasteiger charge is 2.36. The van der Waals surface area contributed by atoms with Crippen LogP contribution in [0.25, 0.3) is 0 Å². The summed E-state index contributed by atoms with van der Waals surface area (Å²) < 4.78 is 27.2. The van der Waals surface area contributed by atoms with Crippen molar-refractivity contribution in [1.82, 2.24) is 5.32 Å². The Labute approximate surface area is 211 Å². The molecule has 0 spiro atoms. The third kappa shape index (κ3) is 4.71. The van der Waals surface area contributed by atoms with Crippen molar-refractivity contribution in [3.63, 3.8) is 0 Å². The first-order valence-corrected chi connectivity index (χ1v) is 13.7. The van der Waals surface area contributed by atoms with Crippen LogP contribution in [0, 0.1) is 0 Å². The molecule has 3 aromatic carbocycles. The molecule has 0 unspecified atom stereocenters. The quantitative estimate of drug-likeness (QED) is 0.466. The van der Waals surface area contributed by atoms with E-state index in [0.29, 0.717) is 12.1 Å². The third-order valence-corrected chi connectivity index (χ3v) is 8.61. The van der Waals surface area contributed by atoms with Gasteiger partial charge >= 0.3 is 0 Å². The lowest BCUT2D eigenvalue weighted by Crippen LogP contribution is -2.31. The number of hydrogen-bond acceptors (Lipinski definition) is 4. The average molecular weight is 501 g/mol. The van der Waals surface area contributed by atoms with E-state index in [1.165, 1.54) is 53.6 Å². The van der Waals surface area contributed by atoms with Gasteiger partial charge in [-0.3, -0.25) is 9.59 Å². The highest BCUT2D eigenvalue weighted by atomic mass is 32.2. The number of nitrogens with one attached hydrogen (secondary N) is 1. The number of carbonyl (C=O) groups excluding carboxylic acids is 2. The Balaban J connectivity index is 1.51. The number of fused-ring (bicyclic) bond motifs is 2. The number of carbonyl (C=O) groups is 2. The van der Waals surface area contributed by atoms with Crippen LogP contribution in [0.1, 0.15) is 58.4 Å². The van der Waals surface area contributed by atoms with Crippen molar-refractivity contribution in [1.29, 1.82) is 0 Å². The number of amides is 2. The van der Waals surface area contributed by atoms with Gasteiger partial charge in [-0.25, -0.2) is 8.42 Å². The Hall–Kier alpha value is -3.71. The van der Waals surface area contributed by atoms with E-state index < -0.39 is 15.7 Å². The van der Waals surface area contributed by atoms with Crippen LogP contribution in [-0.2, 0) is 16.4 Å². The third-order valence-electron chi connectivity index (χ3n) is 6.75. The molecule has 0 aromatic heterocycles. The molecular formula is C29H28N2O4S. The van der Waals surface area contributed by atoms with Gasteiger partial charge in [0.1, 0.15) is 0 Å². The summed E-state index contributed by atoms with van der Waals surface area (Å²) in [5.41, 5.74) is 2.87. The number of nitrogens with zero attached hydrogens (tertiary/aromatic N) is 1. The summed E-state index contributed by atoms with van der Waals surface area (Å²) in [7, 11) is -3.97. The lowest BCUT2D eigenvalue weighted by atomic mass is 9.97. The maximum atomic E-state index is 13.7. The fourth-order valence-electron chi connectivity index (χ4n) is 4.84. The lowest BCUT2D eigenvalue weighted by Gasteiger charge is -2.23. The van der Waals surface area contributed by atoms with E-state index >= 15 is 0 Å². The molecule has 1 aliphatic carbocycles. The molecule has 7 heteroatoms. The molecule has 2 aliphatic rings. The Morgan fingerprint density at radius 2 is 1.69 bits per heavy atom. The topological polar surface area (TPSA) is 83.6 Å². The highest BCUT2D eigenvalue weighted by Crippen LogP contribution is 2.38. The van der Waals surface area contributed by atoms with Gasteiger partial charge in [-0.05, 0) is 68.0 Å². The summed E-state index contributed by atoms with van der Waals surface area (Å²) in [6.45, 7) is 0.688. The van der Waals surface area contributed by atoms with Gasteiger partial charge in [0, 0.05) is 12.1 Å². The van der Waals surface area contributed by atoms with E-state index in [1.807, 2.05) is 30.3 Å². The van der Waals surface area contributed by atoms with Crippen molar-refractivity contribution < 1.29 is 18.0 Å². The van der Waals surface area contributed by atoms with Crippen molar-refractivity contribution in [2.75, 3.05) is 11.4 Å². The second-order valence-electron chi connectivity index (χ2n) is 9.17. The van der Waals surface area contributed by atoms with E-state index in [4.69, 9.17) is 0 Å². The number of benzene rings is 3. The normalized spacial score (nSPS) is 16.4. The largest absolute Gasteiger partial charge is 0.352 e. The Bertz CT molecular complexity index is 1450. The van der Waals surface area contributed by atoms with Crippen molar-refractivity contribution in [3.05, 3.63) is 101 Å². The van der Waals surface area contributed by atoms with Crippen LogP contribution >= 0.6 is 0 Å². The fraction of sp³-hybridized carbons (Fsp3) is 0.241. The molecule has 184 valence electrons. The second-order valence-corrected chi connectivity index (χ2v) is 11.1. The minimum atomic E-state index is -3.97. The van der Waals surface area contributed by atoms with Crippen LogP contribution in [0.4, 0.5) is 5.69 Å². The number of hydrogen-bond donors (Lipinski definition) is 1. The monoisotopic (exact) mass is 500 g/mol. The molecule has 0 fully saturated rings. The highest BCUT2D eigenvalue weighted by molar-refractivity contribution is 7.91. The van der Waals surface area contributed by atoms with E-state index in [0.717, 1.165) is 24.8 Å². The van der Waals surface area contributed by atoms with Gasteiger partial charge in [-0.1, -0.05) is 54.1 Å². The molecule has 2 amide bonds. The van der Waals surface area contributed by atoms with Gasteiger partial charge in [-0.15, -0.1) is 0 Å². The molecule has 5 rings (SSSR count). The predicted octanol–water partition coefficient (Wildman–Crippen LogP) is 5.30. The van der Waals surface area contributed by atoms with Crippen molar-refractivity contribution in [2.24, 2.45) is 0 Å². The minimum absolute atomic E-state index is 0.0145. The molecule has 0 radical (unpaired) electrons. The minimum Gasteiger partial charge on any atom is -0.352 e. The molecular weight excluding hydrogens is 472 g/mol. The van der Waals surface area contributed by atoms with Gasteiger partial charge in [0.15, 0.2) is 0 Å². The predicted molar refractivity (Wildman–Crippen MR) is 139 cm³/mol. The van der Waals surface area contributed by atoms with Crippen molar-refractivity contribution in [3.8, 4) is 0 Å². The van der Waals surface area contributed by atoms with Gasteiger partial charge in [0.2, 0.25) is 9.84 Å². The SMILES string of the molecule is O=C(NCCC1=CCCCC1)c1ccc2c(c1)N(Cc1ccccc1)C(=O)c1ccccc1S2(=O)=O. The van der Waals surface area contributed by atoms with E-state index in [9.17, 15) is 18.0 Å². The maximum absolute atomic E-state index is 13.7. The Morgan fingerprint density at radius 1 is 0.917 bits per heavy atom. The molecule has 0 saturated carbocycles. The first-order chi connectivity index (χ1) is 17.4. The van der Waals surface area contributed by atoms with Gasteiger partial charge in [0.25, 0.3) is 11.8 Å². The van der Waals surface area contributed by atoms with Crippen molar-refractivity contribution >= 4 is 27.3 Å². The smallest absolute Gasteiger partial charge is 0.259 e. The van der Waals surface area contributed by atoms with Crippen LogP contribution in [0.5, 0.6) is 0 Å². The molecule has 1 aliphatic heterocycles. The Kier molecular flexibility index (Phi) is 6.74. The van der Waals surface area contributed by atoms with Gasteiger partial charge in [-0.2, -0.15) is 0 Å². The van der Waals surface area contributed by atoms with Gasteiger partial charge < -0.3 is 10.2 Å². The van der Waals surface area contributed by atoms with Crippen LogP contribution < -0.4 is 10.2 Å².